The van der Waals surface area contributed by atoms with Gasteiger partial charge in [0.25, 0.3) is 0 Å². The Morgan fingerprint density at radius 2 is 2.04 bits per heavy atom. The first-order valence-corrected chi connectivity index (χ1v) is 7.68. The van der Waals surface area contributed by atoms with Crippen LogP contribution in [-0.4, -0.2) is 19.7 Å². The highest BCUT2D eigenvalue weighted by Gasteiger charge is 2.21. The fourth-order valence-corrected chi connectivity index (χ4v) is 2.72. The van der Waals surface area contributed by atoms with Crippen LogP contribution in [0.3, 0.4) is 0 Å². The number of rotatable bonds is 4. The molecule has 0 saturated carbocycles. The normalized spacial score (nSPS) is 17.1. The number of benzene rings is 2. The molecule has 0 aliphatic carbocycles. The van der Waals surface area contributed by atoms with E-state index >= 15 is 0 Å². The van der Waals surface area contributed by atoms with Crippen molar-refractivity contribution in [3.05, 3.63) is 59.7 Å². The number of nitrogens with one attached hydrogen (secondary N) is 1. The van der Waals surface area contributed by atoms with Crippen LogP contribution >= 0.6 is 0 Å². The second-order valence-corrected chi connectivity index (χ2v) is 5.39. The number of ether oxygens (including phenoxy) is 2. The predicted molar refractivity (Wildman–Crippen MR) is 90.8 cm³/mol. The van der Waals surface area contributed by atoms with Gasteiger partial charge in [-0.15, -0.1) is 0 Å². The third-order valence-electron chi connectivity index (χ3n) is 3.89. The van der Waals surface area contributed by atoms with E-state index in [0.717, 1.165) is 29.0 Å². The van der Waals surface area contributed by atoms with Gasteiger partial charge in [-0.25, -0.2) is 4.99 Å². The Morgan fingerprint density at radius 1 is 1.26 bits per heavy atom. The summed E-state index contributed by atoms with van der Waals surface area (Å²) in [5.74, 6) is 2.16. The van der Waals surface area contributed by atoms with Crippen LogP contribution in [0, 0.1) is 0 Å². The van der Waals surface area contributed by atoms with E-state index in [1.54, 1.807) is 7.11 Å². The van der Waals surface area contributed by atoms with Crippen molar-refractivity contribution >= 4 is 5.96 Å². The van der Waals surface area contributed by atoms with Crippen LogP contribution in [0.2, 0.25) is 0 Å². The maximum atomic E-state index is 6.06. The van der Waals surface area contributed by atoms with Crippen LogP contribution in [0.25, 0.3) is 0 Å². The summed E-state index contributed by atoms with van der Waals surface area (Å²) in [5, 5.41) is 3.29. The van der Waals surface area contributed by atoms with Crippen LogP contribution in [0.4, 0.5) is 0 Å². The zero-order valence-corrected chi connectivity index (χ0v) is 13.2. The molecule has 5 heteroatoms. The van der Waals surface area contributed by atoms with Gasteiger partial charge >= 0.3 is 0 Å². The third kappa shape index (κ3) is 3.56. The number of nitrogens with two attached hydrogens (primary N) is 1. The fourth-order valence-electron chi connectivity index (χ4n) is 2.72. The summed E-state index contributed by atoms with van der Waals surface area (Å²) in [6.45, 7) is 1.15. The Hall–Kier alpha value is -2.69. The second kappa shape index (κ2) is 7.05. The lowest BCUT2D eigenvalue weighted by molar-refractivity contribution is 0.262. The standard InChI is InChI=1S/C18H21N3O2/c1-22-16-8-4-2-6-13(16)12-20-18(19)21-15-10-11-23-17-9-5-3-7-14(15)17/h2-9,15H,10-12H2,1H3,(H3,19,20,21). The highest BCUT2D eigenvalue weighted by atomic mass is 16.5. The molecule has 0 amide bonds. The number of guanidine groups is 1. The second-order valence-electron chi connectivity index (χ2n) is 5.39. The zero-order chi connectivity index (χ0) is 16.1. The SMILES string of the molecule is COc1ccccc1CN=C(N)NC1CCOc2ccccc21. The summed E-state index contributed by atoms with van der Waals surface area (Å²) in [5.41, 5.74) is 8.18. The fraction of sp³-hybridized carbons (Fsp3) is 0.278. The third-order valence-corrected chi connectivity index (χ3v) is 3.89. The van der Waals surface area contributed by atoms with Gasteiger partial charge in [0.05, 0.1) is 26.3 Å². The Labute approximate surface area is 136 Å². The summed E-state index contributed by atoms with van der Waals surface area (Å²) in [6, 6.07) is 15.9. The number of nitrogens with zero attached hydrogens (tertiary/aromatic N) is 1. The Bertz CT molecular complexity index is 700. The van der Waals surface area contributed by atoms with Gasteiger partial charge in [-0.3, -0.25) is 0 Å². The molecular formula is C18H21N3O2. The minimum atomic E-state index is 0.126. The van der Waals surface area contributed by atoms with Crippen molar-refractivity contribution < 1.29 is 9.47 Å². The highest BCUT2D eigenvalue weighted by Crippen LogP contribution is 2.31. The molecule has 1 heterocycles. The van der Waals surface area contributed by atoms with Crippen molar-refractivity contribution in [2.45, 2.75) is 19.0 Å². The van der Waals surface area contributed by atoms with Crippen molar-refractivity contribution in [1.29, 1.82) is 0 Å². The van der Waals surface area contributed by atoms with Crippen molar-refractivity contribution in [2.24, 2.45) is 10.7 Å². The van der Waals surface area contributed by atoms with Crippen molar-refractivity contribution in [3.63, 3.8) is 0 Å². The average molecular weight is 311 g/mol. The van der Waals surface area contributed by atoms with E-state index in [1.807, 2.05) is 42.5 Å². The maximum Gasteiger partial charge on any atom is 0.189 e. The molecule has 2 aromatic rings. The van der Waals surface area contributed by atoms with Crippen molar-refractivity contribution in [3.8, 4) is 11.5 Å². The summed E-state index contributed by atoms with van der Waals surface area (Å²) in [6.07, 6.45) is 0.863. The summed E-state index contributed by atoms with van der Waals surface area (Å²) in [4.78, 5) is 4.43. The molecule has 0 aromatic heterocycles. The summed E-state index contributed by atoms with van der Waals surface area (Å²) < 4.78 is 11.0. The zero-order valence-electron chi connectivity index (χ0n) is 13.2. The van der Waals surface area contributed by atoms with Gasteiger partial charge < -0.3 is 20.5 Å². The van der Waals surface area contributed by atoms with Crippen LogP contribution in [-0.2, 0) is 6.54 Å². The number of para-hydroxylation sites is 2. The Morgan fingerprint density at radius 3 is 2.91 bits per heavy atom. The highest BCUT2D eigenvalue weighted by molar-refractivity contribution is 5.78. The number of hydrogen-bond donors (Lipinski definition) is 2. The van der Waals surface area contributed by atoms with E-state index in [1.165, 1.54) is 0 Å². The van der Waals surface area contributed by atoms with E-state index in [9.17, 15) is 0 Å². The predicted octanol–water partition coefficient (Wildman–Crippen LogP) is 2.62. The molecule has 3 rings (SSSR count). The molecule has 1 aliphatic heterocycles. The van der Waals surface area contributed by atoms with E-state index in [0.29, 0.717) is 19.1 Å². The first kappa shape index (κ1) is 15.2. The van der Waals surface area contributed by atoms with Gasteiger partial charge in [0.1, 0.15) is 11.5 Å². The molecule has 1 atom stereocenters. The van der Waals surface area contributed by atoms with Crippen molar-refractivity contribution in [1.82, 2.24) is 5.32 Å². The number of aliphatic imine (C=N–C) groups is 1. The molecule has 0 bridgehead atoms. The van der Waals surface area contributed by atoms with Crippen LogP contribution in [0.15, 0.2) is 53.5 Å². The molecule has 1 unspecified atom stereocenters. The van der Waals surface area contributed by atoms with Crippen molar-refractivity contribution in [2.75, 3.05) is 13.7 Å². The van der Waals surface area contributed by atoms with Gasteiger partial charge in [-0.2, -0.15) is 0 Å². The number of hydrogen-bond acceptors (Lipinski definition) is 3. The molecule has 0 fully saturated rings. The largest absolute Gasteiger partial charge is 0.496 e. The van der Waals surface area contributed by atoms with E-state index in [-0.39, 0.29) is 6.04 Å². The molecule has 0 saturated heterocycles. The first-order valence-electron chi connectivity index (χ1n) is 7.68. The lowest BCUT2D eigenvalue weighted by atomic mass is 10.0. The van der Waals surface area contributed by atoms with Crippen LogP contribution in [0.1, 0.15) is 23.6 Å². The first-order chi connectivity index (χ1) is 11.3. The molecule has 3 N–H and O–H groups in total. The molecule has 1 aliphatic rings. The van der Waals surface area contributed by atoms with Gasteiger partial charge in [-0.05, 0) is 12.1 Å². The van der Waals surface area contributed by atoms with Gasteiger partial charge in [-0.1, -0.05) is 36.4 Å². The van der Waals surface area contributed by atoms with Gasteiger partial charge in [0.2, 0.25) is 0 Å². The average Bonchev–Trinajstić information content (AvgIpc) is 2.60. The van der Waals surface area contributed by atoms with E-state index in [2.05, 4.69) is 16.4 Å². The quantitative estimate of drug-likeness (QED) is 0.673. The van der Waals surface area contributed by atoms with Gasteiger partial charge in [0, 0.05) is 17.5 Å². The molecule has 2 aromatic carbocycles. The summed E-state index contributed by atoms with van der Waals surface area (Å²) >= 11 is 0. The molecule has 23 heavy (non-hydrogen) atoms. The lowest BCUT2D eigenvalue weighted by Crippen LogP contribution is -2.37. The molecule has 0 spiro atoms. The van der Waals surface area contributed by atoms with E-state index < -0.39 is 0 Å². The minimum absolute atomic E-state index is 0.126. The molecule has 120 valence electrons. The number of methoxy groups -OCH3 is 1. The molecule has 0 radical (unpaired) electrons. The Balaban J connectivity index is 1.69. The van der Waals surface area contributed by atoms with E-state index in [4.69, 9.17) is 15.2 Å². The Kier molecular flexibility index (Phi) is 4.66. The molecule has 5 nitrogen and oxygen atoms in total. The monoisotopic (exact) mass is 311 g/mol. The maximum absolute atomic E-state index is 6.06. The minimum Gasteiger partial charge on any atom is -0.496 e. The summed E-state index contributed by atoms with van der Waals surface area (Å²) in [7, 11) is 1.66. The lowest BCUT2D eigenvalue weighted by Gasteiger charge is -2.26. The van der Waals surface area contributed by atoms with Gasteiger partial charge in [0.15, 0.2) is 5.96 Å². The van der Waals surface area contributed by atoms with Crippen LogP contribution < -0.4 is 20.5 Å². The van der Waals surface area contributed by atoms with Crippen LogP contribution in [0.5, 0.6) is 11.5 Å². The topological polar surface area (TPSA) is 68.9 Å². The number of fused-ring (bicyclic) bond motifs is 1. The molecular weight excluding hydrogens is 290 g/mol. The smallest absolute Gasteiger partial charge is 0.189 e.